The summed E-state index contributed by atoms with van der Waals surface area (Å²) in [5.74, 6) is 1.03. The first-order valence-electron chi connectivity index (χ1n) is 9.31. The Bertz CT molecular complexity index is 1070. The number of hydrogen-bond acceptors (Lipinski definition) is 5. The molecule has 1 amide bonds. The predicted molar refractivity (Wildman–Crippen MR) is 110 cm³/mol. The van der Waals surface area contributed by atoms with Crippen LogP contribution in [0, 0.1) is 0 Å². The molecule has 3 aromatic rings. The summed E-state index contributed by atoms with van der Waals surface area (Å²) in [7, 11) is 0. The Morgan fingerprint density at radius 2 is 1.86 bits per heavy atom. The molecule has 0 bridgehead atoms. The standard InChI is InChI=1S/C22H22N4O3/c1-22(2,3)20-12-17(26(25-20)16-7-5-4-6-8-16)21(27)24-23-13-15-9-10-18-19(11-15)29-14-28-18/h4-13H,14H2,1-3H3,(H,24,27). The average molecular weight is 390 g/mol. The van der Waals surface area contributed by atoms with Crippen molar-refractivity contribution < 1.29 is 14.3 Å². The monoisotopic (exact) mass is 390 g/mol. The van der Waals surface area contributed by atoms with E-state index in [2.05, 4.69) is 36.4 Å². The highest BCUT2D eigenvalue weighted by molar-refractivity contribution is 5.94. The van der Waals surface area contributed by atoms with Crippen LogP contribution in [0.25, 0.3) is 5.69 Å². The number of ether oxygens (including phenoxy) is 2. The number of hydrazone groups is 1. The number of amides is 1. The maximum absolute atomic E-state index is 12.8. The molecule has 7 nitrogen and oxygen atoms in total. The van der Waals surface area contributed by atoms with E-state index in [0.29, 0.717) is 17.2 Å². The molecular formula is C22H22N4O3. The average Bonchev–Trinajstić information content (AvgIpc) is 3.35. The highest BCUT2D eigenvalue weighted by atomic mass is 16.7. The molecule has 0 saturated carbocycles. The molecule has 1 N–H and O–H groups in total. The smallest absolute Gasteiger partial charge is 0.290 e. The van der Waals surface area contributed by atoms with Crippen LogP contribution in [0.15, 0.2) is 59.7 Å². The summed E-state index contributed by atoms with van der Waals surface area (Å²) in [6, 6.07) is 16.8. The molecule has 0 unspecified atom stereocenters. The number of benzene rings is 2. The van der Waals surface area contributed by atoms with Crippen LogP contribution >= 0.6 is 0 Å². The molecule has 0 atom stereocenters. The predicted octanol–water partition coefficient (Wildman–Crippen LogP) is 3.66. The summed E-state index contributed by atoms with van der Waals surface area (Å²) < 4.78 is 12.3. The van der Waals surface area contributed by atoms with E-state index in [1.165, 1.54) is 0 Å². The van der Waals surface area contributed by atoms with E-state index in [-0.39, 0.29) is 18.1 Å². The van der Waals surface area contributed by atoms with Crippen molar-refractivity contribution in [1.82, 2.24) is 15.2 Å². The van der Waals surface area contributed by atoms with Crippen LogP contribution in [0.1, 0.15) is 42.5 Å². The van der Waals surface area contributed by atoms with E-state index >= 15 is 0 Å². The third kappa shape index (κ3) is 3.99. The summed E-state index contributed by atoms with van der Waals surface area (Å²) in [4.78, 5) is 12.8. The molecule has 148 valence electrons. The summed E-state index contributed by atoms with van der Waals surface area (Å²) in [6.45, 7) is 6.39. The minimum absolute atomic E-state index is 0.190. The summed E-state index contributed by atoms with van der Waals surface area (Å²) in [5.41, 5.74) is 5.25. The summed E-state index contributed by atoms with van der Waals surface area (Å²) >= 11 is 0. The fourth-order valence-electron chi connectivity index (χ4n) is 2.89. The van der Waals surface area contributed by atoms with Crippen molar-refractivity contribution in [3.63, 3.8) is 0 Å². The van der Waals surface area contributed by atoms with Crippen LogP contribution in [0.4, 0.5) is 0 Å². The van der Waals surface area contributed by atoms with Crippen LogP contribution in [-0.4, -0.2) is 28.7 Å². The van der Waals surface area contributed by atoms with Gasteiger partial charge in [0.15, 0.2) is 11.5 Å². The van der Waals surface area contributed by atoms with Crippen LogP contribution in [0.5, 0.6) is 11.5 Å². The zero-order valence-electron chi connectivity index (χ0n) is 16.5. The maximum atomic E-state index is 12.8. The van der Waals surface area contributed by atoms with Gasteiger partial charge < -0.3 is 9.47 Å². The molecule has 0 aliphatic carbocycles. The molecule has 1 aliphatic rings. The van der Waals surface area contributed by atoms with Crippen molar-refractivity contribution in [3.05, 3.63) is 71.5 Å². The van der Waals surface area contributed by atoms with Gasteiger partial charge in [0, 0.05) is 5.41 Å². The molecule has 1 aliphatic heterocycles. The first-order chi connectivity index (χ1) is 13.9. The van der Waals surface area contributed by atoms with Gasteiger partial charge in [-0.05, 0) is 42.0 Å². The first-order valence-corrected chi connectivity index (χ1v) is 9.31. The molecule has 0 radical (unpaired) electrons. The van der Waals surface area contributed by atoms with Crippen molar-refractivity contribution in [3.8, 4) is 17.2 Å². The number of aromatic nitrogens is 2. The molecule has 2 heterocycles. The largest absolute Gasteiger partial charge is 0.454 e. The number of nitrogens with zero attached hydrogens (tertiary/aromatic N) is 3. The van der Waals surface area contributed by atoms with Crippen molar-refractivity contribution >= 4 is 12.1 Å². The molecule has 0 spiro atoms. The molecule has 4 rings (SSSR count). The summed E-state index contributed by atoms with van der Waals surface area (Å²) in [5, 5.41) is 8.74. The fourth-order valence-corrected chi connectivity index (χ4v) is 2.89. The Morgan fingerprint density at radius 3 is 2.62 bits per heavy atom. The van der Waals surface area contributed by atoms with Gasteiger partial charge in [-0.3, -0.25) is 4.79 Å². The number of para-hydroxylation sites is 1. The number of carbonyl (C=O) groups is 1. The molecule has 29 heavy (non-hydrogen) atoms. The van der Waals surface area contributed by atoms with Gasteiger partial charge in [0.25, 0.3) is 5.91 Å². The van der Waals surface area contributed by atoms with Gasteiger partial charge in [-0.2, -0.15) is 10.2 Å². The van der Waals surface area contributed by atoms with Gasteiger partial charge in [-0.15, -0.1) is 0 Å². The van der Waals surface area contributed by atoms with E-state index in [0.717, 1.165) is 16.9 Å². The number of hydrogen-bond donors (Lipinski definition) is 1. The second-order valence-corrected chi connectivity index (χ2v) is 7.72. The Labute approximate surface area is 169 Å². The van der Waals surface area contributed by atoms with Crippen LogP contribution < -0.4 is 14.9 Å². The van der Waals surface area contributed by atoms with E-state index in [4.69, 9.17) is 9.47 Å². The highest BCUT2D eigenvalue weighted by Crippen LogP contribution is 2.32. The molecule has 0 fully saturated rings. The SMILES string of the molecule is CC(C)(C)c1cc(C(=O)NN=Cc2ccc3c(c2)OCO3)n(-c2ccccc2)n1. The van der Waals surface area contributed by atoms with Gasteiger partial charge in [0.1, 0.15) is 5.69 Å². The quantitative estimate of drug-likeness (QED) is 0.545. The summed E-state index contributed by atoms with van der Waals surface area (Å²) in [6.07, 6.45) is 1.56. The highest BCUT2D eigenvalue weighted by Gasteiger charge is 2.23. The van der Waals surface area contributed by atoms with E-state index < -0.39 is 0 Å². The Morgan fingerprint density at radius 1 is 1.10 bits per heavy atom. The zero-order chi connectivity index (χ0) is 20.4. The molecule has 7 heteroatoms. The van der Waals surface area contributed by atoms with Crippen LogP contribution in [0.3, 0.4) is 0 Å². The van der Waals surface area contributed by atoms with Crippen molar-refractivity contribution in [2.24, 2.45) is 5.10 Å². The third-order valence-corrected chi connectivity index (χ3v) is 4.49. The zero-order valence-corrected chi connectivity index (χ0v) is 16.5. The van der Waals surface area contributed by atoms with E-state index in [1.54, 1.807) is 17.0 Å². The Hall–Kier alpha value is -3.61. The van der Waals surface area contributed by atoms with Crippen molar-refractivity contribution in [1.29, 1.82) is 0 Å². The van der Waals surface area contributed by atoms with Gasteiger partial charge in [0.05, 0.1) is 17.6 Å². The molecule has 1 aromatic heterocycles. The second-order valence-electron chi connectivity index (χ2n) is 7.72. The maximum Gasteiger partial charge on any atom is 0.290 e. The fraction of sp³-hybridized carbons (Fsp3) is 0.227. The minimum atomic E-state index is -0.339. The van der Waals surface area contributed by atoms with Crippen LogP contribution in [0.2, 0.25) is 0 Å². The topological polar surface area (TPSA) is 77.7 Å². The third-order valence-electron chi connectivity index (χ3n) is 4.49. The van der Waals surface area contributed by atoms with Crippen molar-refractivity contribution in [2.75, 3.05) is 6.79 Å². The van der Waals surface area contributed by atoms with Gasteiger partial charge >= 0.3 is 0 Å². The van der Waals surface area contributed by atoms with E-state index in [9.17, 15) is 4.79 Å². The number of fused-ring (bicyclic) bond motifs is 1. The van der Waals surface area contributed by atoms with Crippen LogP contribution in [-0.2, 0) is 5.41 Å². The number of rotatable bonds is 4. The molecule has 0 saturated heterocycles. The lowest BCUT2D eigenvalue weighted by Crippen LogP contribution is -2.21. The van der Waals surface area contributed by atoms with Gasteiger partial charge in [-0.1, -0.05) is 39.0 Å². The lowest BCUT2D eigenvalue weighted by atomic mass is 9.92. The first kappa shape index (κ1) is 18.7. The minimum Gasteiger partial charge on any atom is -0.454 e. The normalized spacial score (nSPS) is 13.1. The van der Waals surface area contributed by atoms with E-state index in [1.807, 2.05) is 48.5 Å². The molecular weight excluding hydrogens is 368 g/mol. The molecule has 2 aromatic carbocycles. The Kier molecular flexibility index (Phi) is 4.80. The van der Waals surface area contributed by atoms with Crippen molar-refractivity contribution in [2.45, 2.75) is 26.2 Å². The second kappa shape index (κ2) is 7.43. The Balaban J connectivity index is 1.57. The lowest BCUT2D eigenvalue weighted by Gasteiger charge is -2.14. The number of nitrogens with one attached hydrogen (secondary N) is 1. The van der Waals surface area contributed by atoms with Gasteiger partial charge in [0.2, 0.25) is 6.79 Å². The van der Waals surface area contributed by atoms with Gasteiger partial charge in [-0.25, -0.2) is 10.1 Å². The number of carbonyl (C=O) groups excluding carboxylic acids is 1. The lowest BCUT2D eigenvalue weighted by molar-refractivity contribution is 0.0947.